The SMILES string of the molecule is OCC1O[C@H](Sc2ccc(Cl)c(Cl)c2)C(O)C(n2cc(-c3ccc(F)s3)nn2)[C@H]1O. The van der Waals surface area contributed by atoms with E-state index in [9.17, 15) is 19.7 Å². The second-order valence-electron chi connectivity index (χ2n) is 6.58. The van der Waals surface area contributed by atoms with Crippen LogP contribution in [0.15, 0.2) is 41.4 Å². The number of thioether (sulfide) groups is 1. The summed E-state index contributed by atoms with van der Waals surface area (Å²) in [6.45, 7) is -0.458. The maximum Gasteiger partial charge on any atom is 0.177 e. The number of aromatic nitrogens is 3. The number of rotatable bonds is 5. The van der Waals surface area contributed by atoms with Crippen LogP contribution < -0.4 is 0 Å². The number of thiophene rings is 1. The zero-order chi connectivity index (χ0) is 21.4. The third-order valence-corrected chi connectivity index (χ3v) is 7.42. The van der Waals surface area contributed by atoms with Crippen molar-refractivity contribution in [1.29, 1.82) is 0 Å². The molecular formula is C18H16Cl2FN3O4S2. The summed E-state index contributed by atoms with van der Waals surface area (Å²) < 4.78 is 20.3. The van der Waals surface area contributed by atoms with Gasteiger partial charge in [0.1, 0.15) is 35.5 Å². The molecule has 160 valence electrons. The summed E-state index contributed by atoms with van der Waals surface area (Å²) in [7, 11) is 0. The number of hydrogen-bond donors (Lipinski definition) is 3. The molecular weight excluding hydrogens is 476 g/mol. The van der Waals surface area contributed by atoms with Crippen molar-refractivity contribution < 1.29 is 24.4 Å². The van der Waals surface area contributed by atoms with Crippen molar-refractivity contribution in [3.63, 3.8) is 0 Å². The van der Waals surface area contributed by atoms with Crippen LogP contribution in [0.3, 0.4) is 0 Å². The summed E-state index contributed by atoms with van der Waals surface area (Å²) in [5.74, 6) is 0. The highest BCUT2D eigenvalue weighted by Crippen LogP contribution is 2.39. The topological polar surface area (TPSA) is 101 Å². The average Bonchev–Trinajstić information content (AvgIpc) is 3.36. The molecule has 1 fully saturated rings. The van der Waals surface area contributed by atoms with E-state index in [1.54, 1.807) is 24.3 Å². The minimum absolute atomic E-state index is 0.353. The van der Waals surface area contributed by atoms with Crippen LogP contribution in [0.1, 0.15) is 6.04 Å². The molecule has 0 radical (unpaired) electrons. The summed E-state index contributed by atoms with van der Waals surface area (Å²) in [6.07, 6.45) is -1.88. The number of aliphatic hydroxyl groups is 3. The van der Waals surface area contributed by atoms with Gasteiger partial charge in [-0.2, -0.15) is 4.39 Å². The average molecular weight is 492 g/mol. The van der Waals surface area contributed by atoms with Gasteiger partial charge in [-0.05, 0) is 30.3 Å². The fraction of sp³-hybridized carbons (Fsp3) is 0.333. The van der Waals surface area contributed by atoms with Gasteiger partial charge in [0, 0.05) is 4.90 Å². The number of ether oxygens (including phenoxy) is 1. The highest BCUT2D eigenvalue weighted by Gasteiger charge is 2.46. The van der Waals surface area contributed by atoms with Crippen LogP contribution in [0.4, 0.5) is 4.39 Å². The summed E-state index contributed by atoms with van der Waals surface area (Å²) in [4.78, 5) is 1.25. The molecule has 0 saturated carbocycles. The fourth-order valence-corrected chi connectivity index (χ4v) is 5.29. The zero-order valence-corrected chi connectivity index (χ0v) is 18.2. The summed E-state index contributed by atoms with van der Waals surface area (Å²) in [5.41, 5.74) is -0.427. The van der Waals surface area contributed by atoms with Crippen molar-refractivity contribution in [3.8, 4) is 10.6 Å². The van der Waals surface area contributed by atoms with E-state index in [4.69, 9.17) is 27.9 Å². The van der Waals surface area contributed by atoms with Crippen LogP contribution in [0.2, 0.25) is 10.0 Å². The fourth-order valence-electron chi connectivity index (χ4n) is 3.15. The van der Waals surface area contributed by atoms with Crippen molar-refractivity contribution in [2.45, 2.75) is 34.7 Å². The molecule has 3 heterocycles. The maximum atomic E-state index is 13.3. The lowest BCUT2D eigenvalue weighted by molar-refractivity contribution is -0.178. The Morgan fingerprint density at radius 3 is 2.63 bits per heavy atom. The Hall–Kier alpha value is -1.24. The van der Waals surface area contributed by atoms with Crippen LogP contribution in [-0.4, -0.2) is 60.7 Å². The first-order valence-corrected chi connectivity index (χ1v) is 11.2. The molecule has 2 aromatic heterocycles. The Morgan fingerprint density at radius 2 is 1.97 bits per heavy atom. The molecule has 3 N–H and O–H groups in total. The van der Waals surface area contributed by atoms with Crippen molar-refractivity contribution >= 4 is 46.3 Å². The molecule has 5 atom stereocenters. The van der Waals surface area contributed by atoms with Crippen LogP contribution in [0, 0.1) is 5.13 Å². The molecule has 30 heavy (non-hydrogen) atoms. The molecule has 1 aliphatic rings. The first-order valence-electron chi connectivity index (χ1n) is 8.79. The van der Waals surface area contributed by atoms with Crippen molar-refractivity contribution in [3.05, 3.63) is 51.7 Å². The molecule has 1 aliphatic heterocycles. The zero-order valence-electron chi connectivity index (χ0n) is 15.1. The lowest BCUT2D eigenvalue weighted by Crippen LogP contribution is -2.55. The molecule has 0 aliphatic carbocycles. The molecule has 0 bridgehead atoms. The van der Waals surface area contributed by atoms with E-state index < -0.39 is 36.4 Å². The Morgan fingerprint density at radius 1 is 1.17 bits per heavy atom. The lowest BCUT2D eigenvalue weighted by atomic mass is 9.97. The van der Waals surface area contributed by atoms with Gasteiger partial charge in [0.05, 0.1) is 27.7 Å². The highest BCUT2D eigenvalue weighted by atomic mass is 35.5. The summed E-state index contributed by atoms with van der Waals surface area (Å²) in [6, 6.07) is 6.94. The van der Waals surface area contributed by atoms with Crippen LogP contribution in [0.5, 0.6) is 0 Å². The quantitative estimate of drug-likeness (QED) is 0.503. The maximum absolute atomic E-state index is 13.3. The van der Waals surface area contributed by atoms with Gasteiger partial charge in [0.25, 0.3) is 0 Å². The number of nitrogens with zero attached hydrogens (tertiary/aromatic N) is 3. The molecule has 12 heteroatoms. The third-order valence-electron chi connectivity index (χ3n) is 4.63. The molecule has 0 spiro atoms. The third kappa shape index (κ3) is 4.37. The second kappa shape index (κ2) is 9.09. The van der Waals surface area contributed by atoms with Crippen molar-refractivity contribution in [2.75, 3.05) is 6.61 Å². The lowest BCUT2D eigenvalue weighted by Gasteiger charge is -2.41. The predicted molar refractivity (Wildman–Crippen MR) is 112 cm³/mol. The number of aliphatic hydroxyl groups excluding tert-OH is 3. The van der Waals surface area contributed by atoms with E-state index in [2.05, 4.69) is 10.3 Å². The standard InChI is InChI=1S/C18H16Cl2FN3O4S2/c19-9-2-1-8(5-10(9)20)29-18-17(27)15(16(26)12(7-25)28-18)24-6-11(22-23-24)13-3-4-14(21)30-13/h1-6,12,15-18,25-27H,7H2/t12?,15?,16-,17?,18+/m0/s1. The Bertz CT molecular complexity index is 1040. The van der Waals surface area contributed by atoms with E-state index in [-0.39, 0.29) is 5.13 Å². The van der Waals surface area contributed by atoms with Crippen LogP contribution >= 0.6 is 46.3 Å². The van der Waals surface area contributed by atoms with Gasteiger partial charge in [0.15, 0.2) is 5.13 Å². The molecule has 1 aromatic carbocycles. The van der Waals surface area contributed by atoms with E-state index in [1.807, 2.05) is 0 Å². The van der Waals surface area contributed by atoms with Gasteiger partial charge < -0.3 is 20.1 Å². The van der Waals surface area contributed by atoms with Crippen LogP contribution in [-0.2, 0) is 4.74 Å². The van der Waals surface area contributed by atoms with E-state index >= 15 is 0 Å². The number of benzene rings is 1. The summed E-state index contributed by atoms with van der Waals surface area (Å²) in [5, 5.41) is 39.7. The smallest absolute Gasteiger partial charge is 0.177 e. The summed E-state index contributed by atoms with van der Waals surface area (Å²) >= 11 is 14.1. The van der Waals surface area contributed by atoms with Gasteiger partial charge in [0.2, 0.25) is 0 Å². The second-order valence-corrected chi connectivity index (χ2v) is 9.60. The number of hydrogen-bond acceptors (Lipinski definition) is 8. The largest absolute Gasteiger partial charge is 0.394 e. The minimum Gasteiger partial charge on any atom is -0.394 e. The number of halogens is 3. The van der Waals surface area contributed by atoms with E-state index in [0.29, 0.717) is 25.5 Å². The minimum atomic E-state index is -1.25. The molecule has 7 nitrogen and oxygen atoms in total. The predicted octanol–water partition coefficient (Wildman–Crippen LogP) is 3.22. The Balaban J connectivity index is 1.61. The highest BCUT2D eigenvalue weighted by molar-refractivity contribution is 7.99. The van der Waals surface area contributed by atoms with Gasteiger partial charge in [-0.25, -0.2) is 4.68 Å². The molecule has 3 unspecified atom stereocenters. The van der Waals surface area contributed by atoms with E-state index in [0.717, 1.165) is 11.3 Å². The van der Waals surface area contributed by atoms with Gasteiger partial charge >= 0.3 is 0 Å². The molecule has 4 rings (SSSR count). The first kappa shape index (κ1) is 22.0. The monoisotopic (exact) mass is 491 g/mol. The van der Waals surface area contributed by atoms with Gasteiger partial charge in [-0.1, -0.05) is 40.2 Å². The molecule has 1 saturated heterocycles. The Kier molecular flexibility index (Phi) is 6.66. The van der Waals surface area contributed by atoms with Crippen molar-refractivity contribution in [1.82, 2.24) is 15.0 Å². The Labute approximate surface area is 189 Å². The van der Waals surface area contributed by atoms with E-state index in [1.165, 1.54) is 28.7 Å². The normalized spacial score (nSPS) is 26.8. The first-order chi connectivity index (χ1) is 14.4. The van der Waals surface area contributed by atoms with Crippen molar-refractivity contribution in [2.24, 2.45) is 0 Å². The van der Waals surface area contributed by atoms with Crippen LogP contribution in [0.25, 0.3) is 10.6 Å². The molecule has 3 aromatic rings. The molecule has 0 amide bonds. The van der Waals surface area contributed by atoms with Gasteiger partial charge in [-0.15, -0.1) is 16.4 Å². The van der Waals surface area contributed by atoms with Gasteiger partial charge in [-0.3, -0.25) is 0 Å².